The summed E-state index contributed by atoms with van der Waals surface area (Å²) in [7, 11) is 0. The molecule has 2 saturated heterocycles. The van der Waals surface area contributed by atoms with Crippen LogP contribution in [0.2, 0.25) is 0 Å². The Hall–Kier alpha value is -2.18. The lowest BCUT2D eigenvalue weighted by Gasteiger charge is -2.42. The standard InChI is InChI=1S/C20H26N4O2/c1-15(26)24-8-7-20(14-25)13-23(11-18(20)12-24)10-17-9-21-22-19(17)16-5-3-2-4-6-16/h2-6,9,18,25H,7-8,10-14H2,1H3,(H,21,22). The molecule has 0 saturated carbocycles. The predicted molar refractivity (Wildman–Crippen MR) is 99.2 cm³/mol. The highest BCUT2D eigenvalue weighted by atomic mass is 16.3. The average molecular weight is 354 g/mol. The number of likely N-dealkylation sites (tertiary alicyclic amines) is 2. The van der Waals surface area contributed by atoms with E-state index in [-0.39, 0.29) is 17.9 Å². The highest BCUT2D eigenvalue weighted by Gasteiger charge is 2.49. The van der Waals surface area contributed by atoms with Gasteiger partial charge in [0.05, 0.1) is 18.5 Å². The zero-order valence-electron chi connectivity index (χ0n) is 15.2. The van der Waals surface area contributed by atoms with Crippen molar-refractivity contribution in [2.45, 2.75) is 19.9 Å². The van der Waals surface area contributed by atoms with Crippen LogP contribution in [0, 0.1) is 11.3 Å². The molecule has 0 radical (unpaired) electrons. The van der Waals surface area contributed by atoms with Gasteiger partial charge in [-0.2, -0.15) is 5.10 Å². The van der Waals surface area contributed by atoms with Gasteiger partial charge in [0.2, 0.25) is 5.91 Å². The van der Waals surface area contributed by atoms with Gasteiger partial charge in [-0.25, -0.2) is 0 Å². The van der Waals surface area contributed by atoms with Crippen LogP contribution in [0.5, 0.6) is 0 Å². The molecule has 26 heavy (non-hydrogen) atoms. The summed E-state index contributed by atoms with van der Waals surface area (Å²) in [5.41, 5.74) is 3.29. The Bertz CT molecular complexity index is 775. The number of hydrogen-bond donors (Lipinski definition) is 2. The van der Waals surface area contributed by atoms with Crippen molar-refractivity contribution in [3.05, 3.63) is 42.1 Å². The minimum Gasteiger partial charge on any atom is -0.396 e. The number of H-pyrrole nitrogens is 1. The van der Waals surface area contributed by atoms with Crippen LogP contribution in [0.25, 0.3) is 11.3 Å². The topological polar surface area (TPSA) is 72.5 Å². The van der Waals surface area contributed by atoms with E-state index >= 15 is 0 Å². The van der Waals surface area contributed by atoms with Gasteiger partial charge in [-0.15, -0.1) is 0 Å². The Morgan fingerprint density at radius 2 is 2.15 bits per heavy atom. The zero-order chi connectivity index (χ0) is 18.1. The van der Waals surface area contributed by atoms with Crippen molar-refractivity contribution < 1.29 is 9.90 Å². The van der Waals surface area contributed by atoms with E-state index in [4.69, 9.17) is 0 Å². The van der Waals surface area contributed by atoms with Gasteiger partial charge in [0.1, 0.15) is 0 Å². The summed E-state index contributed by atoms with van der Waals surface area (Å²) in [6.07, 6.45) is 2.78. The number of carbonyl (C=O) groups excluding carboxylic acids is 1. The van der Waals surface area contributed by atoms with Crippen molar-refractivity contribution in [2.75, 3.05) is 32.8 Å². The fourth-order valence-corrected chi connectivity index (χ4v) is 4.59. The molecule has 6 heteroatoms. The molecule has 2 aromatic rings. The molecule has 138 valence electrons. The fourth-order valence-electron chi connectivity index (χ4n) is 4.59. The van der Waals surface area contributed by atoms with E-state index in [1.807, 2.05) is 29.3 Å². The molecule has 0 bridgehead atoms. The molecule has 2 aliphatic heterocycles. The quantitative estimate of drug-likeness (QED) is 0.877. The Labute approximate surface area is 153 Å². The number of fused-ring (bicyclic) bond motifs is 1. The summed E-state index contributed by atoms with van der Waals surface area (Å²) in [4.78, 5) is 16.1. The van der Waals surface area contributed by atoms with Crippen LogP contribution in [0.15, 0.2) is 36.5 Å². The third-order valence-corrected chi connectivity index (χ3v) is 6.14. The molecule has 2 atom stereocenters. The first-order valence-corrected chi connectivity index (χ1v) is 9.28. The highest BCUT2D eigenvalue weighted by Crippen LogP contribution is 2.43. The van der Waals surface area contributed by atoms with E-state index < -0.39 is 0 Å². The molecule has 1 aromatic carbocycles. The molecule has 4 rings (SSSR count). The summed E-state index contributed by atoms with van der Waals surface area (Å²) in [5, 5.41) is 17.5. The van der Waals surface area contributed by atoms with Gasteiger partial charge in [0, 0.05) is 50.6 Å². The lowest BCUT2D eigenvalue weighted by atomic mass is 9.73. The maximum Gasteiger partial charge on any atom is 0.219 e. The molecule has 0 aliphatic carbocycles. The van der Waals surface area contributed by atoms with Crippen molar-refractivity contribution in [3.63, 3.8) is 0 Å². The van der Waals surface area contributed by atoms with Gasteiger partial charge in [0.25, 0.3) is 0 Å². The number of amides is 1. The molecule has 3 heterocycles. The second-order valence-corrected chi connectivity index (χ2v) is 7.74. The summed E-state index contributed by atoms with van der Waals surface area (Å²) in [5.74, 6) is 0.466. The Morgan fingerprint density at radius 3 is 2.88 bits per heavy atom. The maximum atomic E-state index is 11.8. The van der Waals surface area contributed by atoms with Crippen molar-refractivity contribution in [1.82, 2.24) is 20.0 Å². The molecule has 1 aromatic heterocycles. The normalized spacial score (nSPS) is 26.1. The minimum absolute atomic E-state index is 0.0808. The third kappa shape index (κ3) is 3.04. The first-order chi connectivity index (χ1) is 12.6. The SMILES string of the molecule is CC(=O)N1CCC2(CO)CN(Cc3cn[nH]c3-c3ccccc3)CC2C1. The number of nitrogens with zero attached hydrogens (tertiary/aromatic N) is 3. The van der Waals surface area contributed by atoms with Crippen LogP contribution in [0.3, 0.4) is 0 Å². The number of benzene rings is 1. The minimum atomic E-state index is -0.0808. The van der Waals surface area contributed by atoms with E-state index in [0.29, 0.717) is 5.92 Å². The second kappa shape index (κ2) is 6.85. The molecular weight excluding hydrogens is 328 g/mol. The molecule has 2 aliphatic rings. The van der Waals surface area contributed by atoms with E-state index in [0.717, 1.165) is 50.4 Å². The number of hydrogen-bond acceptors (Lipinski definition) is 4. The molecule has 2 unspecified atom stereocenters. The number of carbonyl (C=O) groups is 1. The van der Waals surface area contributed by atoms with Crippen LogP contribution in [0.1, 0.15) is 18.9 Å². The fraction of sp³-hybridized carbons (Fsp3) is 0.500. The molecule has 1 amide bonds. The van der Waals surface area contributed by atoms with E-state index in [2.05, 4.69) is 27.2 Å². The monoisotopic (exact) mass is 354 g/mol. The number of nitrogens with one attached hydrogen (secondary N) is 1. The third-order valence-electron chi connectivity index (χ3n) is 6.14. The summed E-state index contributed by atoms with van der Waals surface area (Å²) >= 11 is 0. The number of aliphatic hydroxyl groups is 1. The Morgan fingerprint density at radius 1 is 1.35 bits per heavy atom. The molecule has 2 N–H and O–H groups in total. The van der Waals surface area contributed by atoms with Gasteiger partial charge in [-0.3, -0.25) is 14.8 Å². The van der Waals surface area contributed by atoms with Crippen molar-refractivity contribution in [3.8, 4) is 11.3 Å². The van der Waals surface area contributed by atoms with Crippen LogP contribution >= 0.6 is 0 Å². The maximum absolute atomic E-state index is 11.8. The number of piperidine rings is 1. The second-order valence-electron chi connectivity index (χ2n) is 7.74. The van der Waals surface area contributed by atoms with Crippen LogP contribution < -0.4 is 0 Å². The smallest absolute Gasteiger partial charge is 0.219 e. The van der Waals surface area contributed by atoms with E-state index in [1.54, 1.807) is 6.92 Å². The van der Waals surface area contributed by atoms with Gasteiger partial charge in [-0.05, 0) is 17.9 Å². The summed E-state index contributed by atoms with van der Waals surface area (Å²) in [6, 6.07) is 10.2. The van der Waals surface area contributed by atoms with Crippen molar-refractivity contribution in [1.29, 1.82) is 0 Å². The van der Waals surface area contributed by atoms with Crippen molar-refractivity contribution >= 4 is 5.91 Å². The van der Waals surface area contributed by atoms with Gasteiger partial charge < -0.3 is 10.0 Å². The molecule has 2 fully saturated rings. The Kier molecular flexibility index (Phi) is 4.54. The lowest BCUT2D eigenvalue weighted by molar-refractivity contribution is -0.133. The zero-order valence-corrected chi connectivity index (χ0v) is 15.2. The number of aromatic nitrogens is 2. The summed E-state index contributed by atoms with van der Waals surface area (Å²) < 4.78 is 0. The van der Waals surface area contributed by atoms with Gasteiger partial charge >= 0.3 is 0 Å². The predicted octanol–water partition coefficient (Wildman–Crippen LogP) is 1.74. The number of aliphatic hydroxyl groups excluding tert-OH is 1. The van der Waals surface area contributed by atoms with E-state index in [1.165, 1.54) is 5.56 Å². The van der Waals surface area contributed by atoms with Gasteiger partial charge in [-0.1, -0.05) is 30.3 Å². The largest absolute Gasteiger partial charge is 0.396 e. The molecule has 6 nitrogen and oxygen atoms in total. The van der Waals surface area contributed by atoms with Gasteiger partial charge in [0.15, 0.2) is 0 Å². The number of rotatable bonds is 4. The first kappa shape index (κ1) is 17.2. The summed E-state index contributed by atoms with van der Waals surface area (Å²) in [6.45, 7) is 5.92. The van der Waals surface area contributed by atoms with E-state index in [9.17, 15) is 9.90 Å². The van der Waals surface area contributed by atoms with Crippen LogP contribution in [0.4, 0.5) is 0 Å². The number of aromatic amines is 1. The van der Waals surface area contributed by atoms with Crippen LogP contribution in [-0.2, 0) is 11.3 Å². The average Bonchev–Trinajstić information content (AvgIpc) is 3.26. The first-order valence-electron chi connectivity index (χ1n) is 9.28. The lowest BCUT2D eigenvalue weighted by Crippen LogP contribution is -2.50. The Balaban J connectivity index is 1.51. The highest BCUT2D eigenvalue weighted by molar-refractivity contribution is 5.73. The van der Waals surface area contributed by atoms with Crippen molar-refractivity contribution in [2.24, 2.45) is 11.3 Å². The van der Waals surface area contributed by atoms with Crippen LogP contribution in [-0.4, -0.2) is 63.8 Å². The molecular formula is C20H26N4O2. The molecule has 0 spiro atoms.